The molecule has 1 aliphatic rings. The van der Waals surface area contributed by atoms with E-state index in [1.807, 2.05) is 19.1 Å². The molecule has 2 aromatic heterocycles. The van der Waals surface area contributed by atoms with Gasteiger partial charge in [0.25, 0.3) is 0 Å². The van der Waals surface area contributed by atoms with Crippen molar-refractivity contribution >= 4 is 0 Å². The van der Waals surface area contributed by atoms with Crippen LogP contribution in [0.2, 0.25) is 0 Å². The van der Waals surface area contributed by atoms with Crippen molar-refractivity contribution in [3.63, 3.8) is 0 Å². The second-order valence-electron chi connectivity index (χ2n) is 8.48. The van der Waals surface area contributed by atoms with E-state index in [4.69, 9.17) is 9.47 Å². The summed E-state index contributed by atoms with van der Waals surface area (Å²) in [7, 11) is 0. The molecule has 190 valence electrons. The first-order chi connectivity index (χ1) is 17.6. The van der Waals surface area contributed by atoms with E-state index >= 15 is 0 Å². The second kappa shape index (κ2) is 9.30. The lowest BCUT2D eigenvalue weighted by Gasteiger charge is -2.22. The third-order valence-electron chi connectivity index (χ3n) is 5.82. The predicted octanol–water partition coefficient (Wildman–Crippen LogP) is 5.84. The molecule has 0 fully saturated rings. The van der Waals surface area contributed by atoms with Crippen LogP contribution >= 0.6 is 0 Å². The SMILES string of the molecule is Cc1ccc2c(c1)CCn1c-2cc(OCc2cc(F)c(Oc3ccc(C(F)(F)F)nc3)c(F)c2)nc1=O. The molecule has 4 aromatic rings. The molecule has 0 aliphatic carbocycles. The van der Waals surface area contributed by atoms with E-state index in [1.165, 1.54) is 0 Å². The van der Waals surface area contributed by atoms with Crippen molar-refractivity contribution < 1.29 is 31.4 Å². The molecule has 5 rings (SSSR count). The van der Waals surface area contributed by atoms with Gasteiger partial charge in [0.2, 0.25) is 5.88 Å². The van der Waals surface area contributed by atoms with Crippen LogP contribution in [-0.2, 0) is 25.7 Å². The van der Waals surface area contributed by atoms with Crippen molar-refractivity contribution in [1.29, 1.82) is 0 Å². The molecular formula is C26H18F5N3O3. The van der Waals surface area contributed by atoms with Gasteiger partial charge in [0.15, 0.2) is 17.4 Å². The van der Waals surface area contributed by atoms with Crippen LogP contribution in [0.15, 0.2) is 59.5 Å². The Morgan fingerprint density at radius 2 is 1.78 bits per heavy atom. The highest BCUT2D eigenvalue weighted by molar-refractivity contribution is 5.67. The fraction of sp³-hybridized carbons (Fsp3) is 0.192. The Morgan fingerprint density at radius 1 is 1.03 bits per heavy atom. The first-order valence-corrected chi connectivity index (χ1v) is 11.1. The highest BCUT2D eigenvalue weighted by Gasteiger charge is 2.32. The Morgan fingerprint density at radius 3 is 2.46 bits per heavy atom. The van der Waals surface area contributed by atoms with Crippen molar-refractivity contribution in [2.45, 2.75) is 32.7 Å². The van der Waals surface area contributed by atoms with Gasteiger partial charge in [0.1, 0.15) is 18.1 Å². The molecule has 37 heavy (non-hydrogen) atoms. The quantitative estimate of drug-likeness (QED) is 0.313. The minimum absolute atomic E-state index is 0.00152. The van der Waals surface area contributed by atoms with E-state index < -0.39 is 34.9 Å². The first-order valence-electron chi connectivity index (χ1n) is 11.1. The van der Waals surface area contributed by atoms with Crippen LogP contribution in [0.3, 0.4) is 0 Å². The molecule has 0 spiro atoms. The zero-order valence-corrected chi connectivity index (χ0v) is 19.3. The van der Waals surface area contributed by atoms with Gasteiger partial charge < -0.3 is 9.47 Å². The van der Waals surface area contributed by atoms with Crippen LogP contribution in [0, 0.1) is 18.6 Å². The number of halogens is 5. The zero-order valence-electron chi connectivity index (χ0n) is 19.3. The highest BCUT2D eigenvalue weighted by Crippen LogP contribution is 2.33. The second-order valence-corrected chi connectivity index (χ2v) is 8.48. The monoisotopic (exact) mass is 515 g/mol. The van der Waals surface area contributed by atoms with Gasteiger partial charge >= 0.3 is 11.9 Å². The maximum atomic E-state index is 14.6. The van der Waals surface area contributed by atoms with E-state index in [2.05, 4.69) is 16.0 Å². The highest BCUT2D eigenvalue weighted by atomic mass is 19.4. The molecule has 2 aromatic carbocycles. The van der Waals surface area contributed by atoms with Crippen molar-refractivity contribution in [2.75, 3.05) is 0 Å². The van der Waals surface area contributed by atoms with E-state index in [9.17, 15) is 26.7 Å². The molecule has 0 atom stereocenters. The van der Waals surface area contributed by atoms with Crippen LogP contribution in [0.1, 0.15) is 22.4 Å². The third kappa shape index (κ3) is 5.02. The fourth-order valence-electron chi connectivity index (χ4n) is 4.09. The Labute approximate surface area is 207 Å². The normalized spacial score (nSPS) is 12.6. The summed E-state index contributed by atoms with van der Waals surface area (Å²) in [6.45, 7) is 2.16. The Balaban J connectivity index is 1.34. The standard InChI is InChI=1S/C26H18F5N3O3/c1-14-2-4-18-16(8-14)6-7-34-21(18)11-23(33-25(34)35)36-13-15-9-19(27)24(20(28)10-15)37-17-3-5-22(32-12-17)26(29,30)31/h2-5,8-12H,6-7,13H2,1H3. The number of nitrogens with zero attached hydrogens (tertiary/aromatic N) is 3. The van der Waals surface area contributed by atoms with Gasteiger partial charge in [-0.25, -0.2) is 18.6 Å². The number of hydrogen-bond acceptors (Lipinski definition) is 5. The van der Waals surface area contributed by atoms with Crippen LogP contribution in [0.5, 0.6) is 17.4 Å². The number of ether oxygens (including phenoxy) is 2. The summed E-state index contributed by atoms with van der Waals surface area (Å²) in [4.78, 5) is 19.7. The number of alkyl halides is 3. The maximum Gasteiger partial charge on any atom is 0.433 e. The maximum absolute atomic E-state index is 14.6. The largest absolute Gasteiger partial charge is 0.473 e. The Hall–Kier alpha value is -4.28. The minimum Gasteiger partial charge on any atom is -0.473 e. The van der Waals surface area contributed by atoms with Crippen LogP contribution in [0.25, 0.3) is 11.3 Å². The van der Waals surface area contributed by atoms with Gasteiger partial charge in [0.05, 0.1) is 11.9 Å². The summed E-state index contributed by atoms with van der Waals surface area (Å²) in [5.74, 6) is -3.27. The number of hydrogen-bond donors (Lipinski definition) is 0. The molecule has 0 saturated heterocycles. The van der Waals surface area contributed by atoms with Gasteiger partial charge in [0, 0.05) is 18.2 Å². The van der Waals surface area contributed by atoms with Crippen molar-refractivity contribution in [3.8, 4) is 28.6 Å². The molecule has 0 N–H and O–H groups in total. The van der Waals surface area contributed by atoms with Crippen molar-refractivity contribution in [2.24, 2.45) is 0 Å². The summed E-state index contributed by atoms with van der Waals surface area (Å²) in [6.07, 6.45) is -3.24. The summed E-state index contributed by atoms with van der Waals surface area (Å²) in [5, 5.41) is 0. The summed E-state index contributed by atoms with van der Waals surface area (Å²) < 4.78 is 79.3. The predicted molar refractivity (Wildman–Crippen MR) is 122 cm³/mol. The number of rotatable bonds is 5. The zero-order chi connectivity index (χ0) is 26.3. The molecule has 0 unspecified atom stereocenters. The molecule has 6 nitrogen and oxygen atoms in total. The number of fused-ring (bicyclic) bond motifs is 3. The average molecular weight is 515 g/mol. The molecule has 0 bridgehead atoms. The van der Waals surface area contributed by atoms with E-state index in [0.717, 1.165) is 41.1 Å². The smallest absolute Gasteiger partial charge is 0.433 e. The molecule has 1 aliphatic heterocycles. The van der Waals surface area contributed by atoms with Gasteiger partial charge in [-0.3, -0.25) is 4.57 Å². The lowest BCUT2D eigenvalue weighted by atomic mass is 9.96. The Kier molecular flexibility index (Phi) is 6.14. The number of benzene rings is 2. The van der Waals surface area contributed by atoms with Crippen LogP contribution in [-0.4, -0.2) is 14.5 Å². The average Bonchev–Trinajstić information content (AvgIpc) is 2.84. The minimum atomic E-state index is -4.66. The van der Waals surface area contributed by atoms with Gasteiger partial charge in [-0.15, -0.1) is 0 Å². The lowest BCUT2D eigenvalue weighted by Crippen LogP contribution is -2.28. The third-order valence-corrected chi connectivity index (χ3v) is 5.82. The molecule has 3 heterocycles. The number of aromatic nitrogens is 3. The van der Waals surface area contributed by atoms with E-state index in [-0.39, 0.29) is 23.8 Å². The van der Waals surface area contributed by atoms with Gasteiger partial charge in [-0.2, -0.15) is 18.2 Å². The fourth-order valence-corrected chi connectivity index (χ4v) is 4.09. The van der Waals surface area contributed by atoms with Crippen molar-refractivity contribution in [3.05, 3.63) is 99.2 Å². The molecule has 0 amide bonds. The number of pyridine rings is 1. The summed E-state index contributed by atoms with van der Waals surface area (Å²) in [5.41, 5.74) is 2.15. The lowest BCUT2D eigenvalue weighted by molar-refractivity contribution is -0.141. The summed E-state index contributed by atoms with van der Waals surface area (Å²) >= 11 is 0. The molecule has 11 heteroatoms. The molecule has 0 radical (unpaired) electrons. The Bertz CT molecular complexity index is 1530. The van der Waals surface area contributed by atoms with Gasteiger partial charge in [-0.05, 0) is 48.7 Å². The van der Waals surface area contributed by atoms with E-state index in [1.54, 1.807) is 10.6 Å². The van der Waals surface area contributed by atoms with Crippen LogP contribution < -0.4 is 15.2 Å². The van der Waals surface area contributed by atoms with E-state index in [0.29, 0.717) is 24.7 Å². The van der Waals surface area contributed by atoms with Gasteiger partial charge in [-0.1, -0.05) is 23.8 Å². The van der Waals surface area contributed by atoms with Crippen LogP contribution in [0.4, 0.5) is 22.0 Å². The molecular weight excluding hydrogens is 497 g/mol. The first kappa shape index (κ1) is 24.4. The molecule has 0 saturated carbocycles. The topological polar surface area (TPSA) is 66.2 Å². The number of aryl methyl sites for hydroxylation is 2. The van der Waals surface area contributed by atoms with Crippen molar-refractivity contribution in [1.82, 2.24) is 14.5 Å². The summed E-state index contributed by atoms with van der Waals surface area (Å²) in [6, 6.07) is 11.0.